The molecule has 0 aliphatic rings. The standard InChI is InChI=1S/C14H22O2/c1-4-11(3)9-14(15)12-7-6-8-13(10-12)16-5-2/h6-8,10-11,14-15H,4-5,9H2,1-3H3. The molecule has 0 aromatic heterocycles. The lowest BCUT2D eigenvalue weighted by molar-refractivity contribution is 0.146. The minimum absolute atomic E-state index is 0.379. The number of hydrogen-bond acceptors (Lipinski definition) is 2. The van der Waals surface area contributed by atoms with Gasteiger partial charge in [0.05, 0.1) is 12.7 Å². The lowest BCUT2D eigenvalue weighted by Crippen LogP contribution is -2.04. The van der Waals surface area contributed by atoms with Crippen LogP contribution < -0.4 is 4.74 Å². The molecule has 16 heavy (non-hydrogen) atoms. The molecule has 0 amide bonds. The van der Waals surface area contributed by atoms with Crippen molar-refractivity contribution in [3.8, 4) is 5.75 Å². The van der Waals surface area contributed by atoms with E-state index in [4.69, 9.17) is 4.74 Å². The molecule has 0 spiro atoms. The van der Waals surface area contributed by atoms with Crippen LogP contribution in [-0.2, 0) is 0 Å². The van der Waals surface area contributed by atoms with Crippen molar-refractivity contribution in [2.45, 2.75) is 39.7 Å². The lowest BCUT2D eigenvalue weighted by Gasteiger charge is -2.16. The van der Waals surface area contributed by atoms with Crippen molar-refractivity contribution in [3.63, 3.8) is 0 Å². The fourth-order valence-electron chi connectivity index (χ4n) is 1.66. The molecule has 0 aliphatic heterocycles. The first kappa shape index (κ1) is 13.0. The highest BCUT2D eigenvalue weighted by molar-refractivity contribution is 5.29. The second-order valence-corrected chi connectivity index (χ2v) is 4.27. The minimum Gasteiger partial charge on any atom is -0.494 e. The van der Waals surface area contributed by atoms with Crippen molar-refractivity contribution in [2.24, 2.45) is 5.92 Å². The third kappa shape index (κ3) is 3.86. The highest BCUT2D eigenvalue weighted by Crippen LogP contribution is 2.25. The van der Waals surface area contributed by atoms with Gasteiger partial charge < -0.3 is 9.84 Å². The summed E-state index contributed by atoms with van der Waals surface area (Å²) >= 11 is 0. The summed E-state index contributed by atoms with van der Waals surface area (Å²) in [5.41, 5.74) is 0.950. The van der Waals surface area contributed by atoms with E-state index in [9.17, 15) is 5.11 Å². The molecule has 2 unspecified atom stereocenters. The summed E-state index contributed by atoms with van der Waals surface area (Å²) in [7, 11) is 0. The first-order valence-electron chi connectivity index (χ1n) is 6.08. The van der Waals surface area contributed by atoms with Crippen LogP contribution in [0, 0.1) is 5.92 Å². The van der Waals surface area contributed by atoms with E-state index in [-0.39, 0.29) is 6.10 Å². The summed E-state index contributed by atoms with van der Waals surface area (Å²) in [4.78, 5) is 0. The topological polar surface area (TPSA) is 29.5 Å². The van der Waals surface area contributed by atoms with Gasteiger partial charge in [0, 0.05) is 0 Å². The Morgan fingerprint density at radius 2 is 2.06 bits per heavy atom. The maximum Gasteiger partial charge on any atom is 0.119 e. The molecule has 2 atom stereocenters. The fraction of sp³-hybridized carbons (Fsp3) is 0.571. The lowest BCUT2D eigenvalue weighted by atomic mass is 9.96. The molecule has 1 N–H and O–H groups in total. The first-order chi connectivity index (χ1) is 7.67. The van der Waals surface area contributed by atoms with E-state index in [0.717, 1.165) is 24.2 Å². The van der Waals surface area contributed by atoms with Crippen molar-refractivity contribution in [1.29, 1.82) is 0 Å². The van der Waals surface area contributed by atoms with Crippen LogP contribution in [0.1, 0.15) is 45.3 Å². The zero-order valence-corrected chi connectivity index (χ0v) is 10.4. The Labute approximate surface area is 98.3 Å². The maximum absolute atomic E-state index is 10.1. The van der Waals surface area contributed by atoms with Crippen LogP contribution in [0.5, 0.6) is 5.75 Å². The number of aliphatic hydroxyl groups excluding tert-OH is 1. The molecule has 0 radical (unpaired) electrons. The molecule has 0 heterocycles. The molecule has 2 heteroatoms. The summed E-state index contributed by atoms with van der Waals surface area (Å²) in [5, 5.41) is 10.1. The smallest absolute Gasteiger partial charge is 0.119 e. The Hall–Kier alpha value is -1.02. The van der Waals surface area contributed by atoms with E-state index >= 15 is 0 Å². The monoisotopic (exact) mass is 222 g/mol. The zero-order valence-electron chi connectivity index (χ0n) is 10.4. The van der Waals surface area contributed by atoms with E-state index < -0.39 is 0 Å². The molecule has 1 rings (SSSR count). The van der Waals surface area contributed by atoms with Gasteiger partial charge in [0.1, 0.15) is 5.75 Å². The van der Waals surface area contributed by atoms with Gasteiger partial charge >= 0.3 is 0 Å². The summed E-state index contributed by atoms with van der Waals surface area (Å²) in [5.74, 6) is 1.38. The average molecular weight is 222 g/mol. The van der Waals surface area contributed by atoms with Crippen LogP contribution in [0.3, 0.4) is 0 Å². The summed E-state index contributed by atoms with van der Waals surface area (Å²) in [6.45, 7) is 6.93. The quantitative estimate of drug-likeness (QED) is 0.797. The Kier molecular flexibility index (Phi) is 5.33. The molecule has 90 valence electrons. The number of benzene rings is 1. The predicted octanol–water partition coefficient (Wildman–Crippen LogP) is 3.55. The van der Waals surface area contributed by atoms with Crippen LogP contribution >= 0.6 is 0 Å². The van der Waals surface area contributed by atoms with Crippen LogP contribution in [0.15, 0.2) is 24.3 Å². The van der Waals surface area contributed by atoms with Crippen molar-refractivity contribution in [1.82, 2.24) is 0 Å². The molecule has 0 aliphatic carbocycles. The minimum atomic E-state index is -0.379. The number of rotatable bonds is 6. The first-order valence-corrected chi connectivity index (χ1v) is 6.08. The Morgan fingerprint density at radius 1 is 1.31 bits per heavy atom. The predicted molar refractivity (Wildman–Crippen MR) is 66.6 cm³/mol. The third-order valence-corrected chi connectivity index (χ3v) is 2.88. The van der Waals surface area contributed by atoms with Crippen molar-refractivity contribution >= 4 is 0 Å². The van der Waals surface area contributed by atoms with Gasteiger partial charge in [0.2, 0.25) is 0 Å². The Morgan fingerprint density at radius 3 is 2.69 bits per heavy atom. The molecule has 0 fully saturated rings. The van der Waals surface area contributed by atoms with Crippen LogP contribution in [-0.4, -0.2) is 11.7 Å². The summed E-state index contributed by atoms with van der Waals surface area (Å²) < 4.78 is 5.42. The summed E-state index contributed by atoms with van der Waals surface area (Å²) in [6.07, 6.45) is 1.53. The zero-order chi connectivity index (χ0) is 12.0. The van der Waals surface area contributed by atoms with E-state index in [1.807, 2.05) is 31.2 Å². The normalized spacial score (nSPS) is 14.5. The van der Waals surface area contributed by atoms with Gasteiger partial charge in [0.25, 0.3) is 0 Å². The van der Waals surface area contributed by atoms with Gasteiger partial charge in [-0.15, -0.1) is 0 Å². The number of ether oxygens (including phenoxy) is 1. The molecule has 2 nitrogen and oxygen atoms in total. The Bertz CT molecular complexity index is 309. The molecule has 0 saturated heterocycles. The van der Waals surface area contributed by atoms with E-state index in [0.29, 0.717) is 12.5 Å². The van der Waals surface area contributed by atoms with Gasteiger partial charge in [-0.1, -0.05) is 32.4 Å². The van der Waals surface area contributed by atoms with Gasteiger partial charge in [0.15, 0.2) is 0 Å². The van der Waals surface area contributed by atoms with Crippen LogP contribution in [0.2, 0.25) is 0 Å². The molecule has 1 aromatic carbocycles. The molecule has 0 saturated carbocycles. The van der Waals surface area contributed by atoms with E-state index in [1.165, 1.54) is 0 Å². The van der Waals surface area contributed by atoms with E-state index in [1.54, 1.807) is 0 Å². The molecular weight excluding hydrogens is 200 g/mol. The van der Waals surface area contributed by atoms with Crippen LogP contribution in [0.25, 0.3) is 0 Å². The second kappa shape index (κ2) is 6.54. The number of hydrogen-bond donors (Lipinski definition) is 1. The van der Waals surface area contributed by atoms with Crippen molar-refractivity contribution < 1.29 is 9.84 Å². The van der Waals surface area contributed by atoms with Gasteiger partial charge in [-0.05, 0) is 37.0 Å². The molecular formula is C14H22O2. The fourth-order valence-corrected chi connectivity index (χ4v) is 1.66. The SMILES string of the molecule is CCOc1cccc(C(O)CC(C)CC)c1. The van der Waals surface area contributed by atoms with Gasteiger partial charge in [-0.3, -0.25) is 0 Å². The van der Waals surface area contributed by atoms with Crippen LogP contribution in [0.4, 0.5) is 0 Å². The molecule has 0 bridgehead atoms. The Balaban J connectivity index is 2.67. The van der Waals surface area contributed by atoms with E-state index in [2.05, 4.69) is 13.8 Å². The van der Waals surface area contributed by atoms with Gasteiger partial charge in [-0.25, -0.2) is 0 Å². The summed E-state index contributed by atoms with van der Waals surface area (Å²) in [6, 6.07) is 7.73. The van der Waals surface area contributed by atoms with Crippen molar-refractivity contribution in [2.75, 3.05) is 6.61 Å². The van der Waals surface area contributed by atoms with Crippen molar-refractivity contribution in [3.05, 3.63) is 29.8 Å². The largest absolute Gasteiger partial charge is 0.494 e. The molecule has 1 aromatic rings. The van der Waals surface area contributed by atoms with Gasteiger partial charge in [-0.2, -0.15) is 0 Å². The maximum atomic E-state index is 10.1. The second-order valence-electron chi connectivity index (χ2n) is 4.27. The highest BCUT2D eigenvalue weighted by atomic mass is 16.5. The third-order valence-electron chi connectivity index (χ3n) is 2.88. The average Bonchev–Trinajstić information content (AvgIpc) is 2.29. The highest BCUT2D eigenvalue weighted by Gasteiger charge is 2.11. The number of aliphatic hydroxyl groups is 1.